The number of aromatic nitrogens is 4. The normalized spacial score (nSPS) is 14.7. The maximum absolute atomic E-state index is 13.7. The van der Waals surface area contributed by atoms with Crippen LogP contribution in [0.2, 0.25) is 0 Å². The molecule has 0 radical (unpaired) electrons. The number of carbonyl (C=O) groups is 2. The first-order valence-electron chi connectivity index (χ1n) is 9.80. The largest absolute Gasteiger partial charge is 0.497 e. The molecule has 0 saturated carbocycles. The number of nitrogens with one attached hydrogen (secondary N) is 1. The van der Waals surface area contributed by atoms with E-state index in [1.807, 2.05) is 0 Å². The number of fused-ring (bicyclic) bond motifs is 1. The summed E-state index contributed by atoms with van der Waals surface area (Å²) >= 11 is 0. The lowest BCUT2D eigenvalue weighted by Crippen LogP contribution is -2.33. The molecule has 1 atom stereocenters. The van der Waals surface area contributed by atoms with Gasteiger partial charge in [0.2, 0.25) is 5.95 Å². The maximum Gasteiger partial charge on any atom is 0.355 e. The molecule has 170 valence electrons. The molecule has 1 aliphatic heterocycles. The zero-order chi connectivity index (χ0) is 23.5. The molecule has 0 spiro atoms. The average Bonchev–Trinajstić information content (AvgIpc) is 3.34. The molecule has 4 rings (SSSR count). The molecule has 0 aliphatic carbocycles. The van der Waals surface area contributed by atoms with Crippen LogP contribution in [0.3, 0.4) is 0 Å². The van der Waals surface area contributed by atoms with Gasteiger partial charge in [-0.05, 0) is 52.4 Å². The Balaban J connectivity index is 1.93. The minimum absolute atomic E-state index is 0.0552. The highest BCUT2D eigenvalue weighted by Gasteiger charge is 2.38. The van der Waals surface area contributed by atoms with Crippen molar-refractivity contribution in [1.29, 1.82) is 0 Å². The second kappa shape index (κ2) is 8.99. The van der Waals surface area contributed by atoms with Crippen LogP contribution in [0.4, 0.5) is 5.95 Å². The van der Waals surface area contributed by atoms with E-state index in [0.717, 1.165) is 0 Å². The van der Waals surface area contributed by atoms with Crippen LogP contribution in [0.1, 0.15) is 22.0 Å². The predicted octanol–water partition coefficient (Wildman–Crippen LogP) is 2.02. The predicted molar refractivity (Wildman–Crippen MR) is 115 cm³/mol. The Labute approximate surface area is 188 Å². The lowest BCUT2D eigenvalue weighted by Gasteiger charge is -2.28. The van der Waals surface area contributed by atoms with Crippen molar-refractivity contribution in [2.24, 2.45) is 0 Å². The number of anilines is 1. The van der Waals surface area contributed by atoms with Gasteiger partial charge in [0.25, 0.3) is 0 Å². The number of methoxy groups -OCH3 is 4. The number of hydrogen-bond donors (Lipinski definition) is 1. The monoisotopic (exact) mass is 451 g/mol. The molecular weight excluding hydrogens is 430 g/mol. The number of ketones is 1. The van der Waals surface area contributed by atoms with Gasteiger partial charge < -0.3 is 24.3 Å². The molecule has 0 fully saturated rings. The fourth-order valence-electron chi connectivity index (χ4n) is 3.62. The van der Waals surface area contributed by atoms with Crippen LogP contribution >= 0.6 is 0 Å². The van der Waals surface area contributed by atoms with Crippen LogP contribution in [0.25, 0.3) is 0 Å². The van der Waals surface area contributed by atoms with E-state index in [-0.39, 0.29) is 17.2 Å². The van der Waals surface area contributed by atoms with Gasteiger partial charge in [0.15, 0.2) is 17.3 Å². The van der Waals surface area contributed by atoms with Crippen molar-refractivity contribution < 1.29 is 28.5 Å². The van der Waals surface area contributed by atoms with E-state index in [2.05, 4.69) is 20.8 Å². The van der Waals surface area contributed by atoms with E-state index >= 15 is 0 Å². The van der Waals surface area contributed by atoms with Gasteiger partial charge in [-0.3, -0.25) is 4.79 Å². The van der Waals surface area contributed by atoms with Crippen LogP contribution in [0, 0.1) is 0 Å². The molecule has 0 unspecified atom stereocenters. The molecule has 0 saturated heterocycles. The van der Waals surface area contributed by atoms with Crippen LogP contribution in [0.15, 0.2) is 53.7 Å². The molecule has 1 aliphatic rings. The number of benzene rings is 2. The number of esters is 1. The first-order chi connectivity index (χ1) is 16.0. The first-order valence-corrected chi connectivity index (χ1v) is 9.80. The fourth-order valence-corrected chi connectivity index (χ4v) is 3.62. The standard InChI is InChI=1S/C22H21N5O6/c1-30-14-8-5-12(6-9-14)20(28)17-18(21(29)33-4)23-22-24-25-26-27(22)19(17)13-7-10-15(31-2)16(11-13)32-3/h5-11,19H,1-4H3,(H,23,24,26)/t19-/m1/s1. The summed E-state index contributed by atoms with van der Waals surface area (Å²) in [7, 11) is 5.79. The number of hydrogen-bond acceptors (Lipinski definition) is 10. The molecule has 0 amide bonds. The van der Waals surface area contributed by atoms with Gasteiger partial charge in [0, 0.05) is 5.56 Å². The van der Waals surface area contributed by atoms with E-state index in [9.17, 15) is 9.59 Å². The highest BCUT2D eigenvalue weighted by Crippen LogP contribution is 2.39. The zero-order valence-corrected chi connectivity index (χ0v) is 18.4. The molecular formula is C22H21N5O6. The quantitative estimate of drug-likeness (QED) is 0.421. The smallest absolute Gasteiger partial charge is 0.355 e. The Bertz CT molecular complexity index is 1230. The number of carbonyl (C=O) groups excluding carboxylic acids is 2. The Morgan fingerprint density at radius 1 is 0.939 bits per heavy atom. The van der Waals surface area contributed by atoms with Crippen molar-refractivity contribution in [3.63, 3.8) is 0 Å². The second-order valence-corrected chi connectivity index (χ2v) is 6.93. The van der Waals surface area contributed by atoms with Gasteiger partial charge in [0.1, 0.15) is 17.5 Å². The number of nitrogens with zero attached hydrogens (tertiary/aromatic N) is 4. The minimum atomic E-state index is -0.847. The van der Waals surface area contributed by atoms with Gasteiger partial charge in [-0.15, -0.1) is 0 Å². The van der Waals surface area contributed by atoms with Crippen molar-refractivity contribution in [2.75, 3.05) is 33.8 Å². The third-order valence-corrected chi connectivity index (χ3v) is 5.23. The molecule has 1 aromatic heterocycles. The SMILES string of the molecule is COC(=O)C1=C(C(=O)c2ccc(OC)cc2)[C@@H](c2ccc(OC)c(OC)c2)n2nnnc2N1. The van der Waals surface area contributed by atoms with Crippen molar-refractivity contribution in [2.45, 2.75) is 6.04 Å². The molecule has 0 bridgehead atoms. The van der Waals surface area contributed by atoms with Crippen molar-refractivity contribution >= 4 is 17.7 Å². The van der Waals surface area contributed by atoms with Crippen LogP contribution in [-0.2, 0) is 9.53 Å². The highest BCUT2D eigenvalue weighted by molar-refractivity contribution is 6.15. The summed E-state index contributed by atoms with van der Waals surface area (Å²) in [6.45, 7) is 0. The molecule has 11 nitrogen and oxygen atoms in total. The molecule has 2 heterocycles. The average molecular weight is 451 g/mol. The van der Waals surface area contributed by atoms with Gasteiger partial charge >= 0.3 is 5.97 Å². The lowest BCUT2D eigenvalue weighted by molar-refractivity contribution is -0.136. The van der Waals surface area contributed by atoms with Gasteiger partial charge in [-0.25, -0.2) is 4.79 Å². The first kappa shape index (κ1) is 21.8. The van der Waals surface area contributed by atoms with E-state index in [4.69, 9.17) is 18.9 Å². The number of ether oxygens (including phenoxy) is 4. The van der Waals surface area contributed by atoms with E-state index in [1.54, 1.807) is 42.5 Å². The summed E-state index contributed by atoms with van der Waals surface area (Å²) in [4.78, 5) is 26.4. The Morgan fingerprint density at radius 3 is 2.30 bits per heavy atom. The molecule has 33 heavy (non-hydrogen) atoms. The summed E-state index contributed by atoms with van der Waals surface area (Å²) in [5.41, 5.74) is 0.997. The Hall–Kier alpha value is -4.41. The van der Waals surface area contributed by atoms with Crippen molar-refractivity contribution in [3.05, 3.63) is 64.9 Å². The third kappa shape index (κ3) is 3.84. The van der Waals surface area contributed by atoms with Gasteiger partial charge in [0.05, 0.1) is 34.0 Å². The maximum atomic E-state index is 13.7. The topological polar surface area (TPSA) is 127 Å². The second-order valence-electron chi connectivity index (χ2n) is 6.93. The molecule has 3 aromatic rings. The highest BCUT2D eigenvalue weighted by atomic mass is 16.5. The van der Waals surface area contributed by atoms with Crippen molar-refractivity contribution in [1.82, 2.24) is 20.2 Å². The summed E-state index contributed by atoms with van der Waals surface area (Å²) in [5, 5.41) is 14.5. The minimum Gasteiger partial charge on any atom is -0.497 e. The molecule has 1 N–H and O–H groups in total. The van der Waals surface area contributed by atoms with E-state index in [1.165, 1.54) is 33.1 Å². The summed E-state index contributed by atoms with van der Waals surface area (Å²) in [5.74, 6) is 0.584. The van der Waals surface area contributed by atoms with Gasteiger partial charge in [-0.1, -0.05) is 11.2 Å². The van der Waals surface area contributed by atoms with E-state index < -0.39 is 17.8 Å². The zero-order valence-electron chi connectivity index (χ0n) is 18.4. The molecule has 11 heteroatoms. The number of Topliss-reactive ketones (excluding diaryl/α,β-unsaturated/α-hetero) is 1. The third-order valence-electron chi connectivity index (χ3n) is 5.23. The fraction of sp³-hybridized carbons (Fsp3) is 0.227. The van der Waals surface area contributed by atoms with Crippen LogP contribution in [0.5, 0.6) is 17.2 Å². The molecule has 2 aromatic carbocycles. The number of tetrazole rings is 1. The number of rotatable bonds is 7. The van der Waals surface area contributed by atoms with Gasteiger partial charge in [-0.2, -0.15) is 4.68 Å². The Morgan fingerprint density at radius 2 is 1.67 bits per heavy atom. The van der Waals surface area contributed by atoms with Crippen LogP contribution in [-0.4, -0.2) is 60.4 Å². The Kier molecular flexibility index (Phi) is 5.94. The van der Waals surface area contributed by atoms with Crippen LogP contribution < -0.4 is 19.5 Å². The summed E-state index contributed by atoms with van der Waals surface area (Å²) < 4.78 is 22.3. The summed E-state index contributed by atoms with van der Waals surface area (Å²) in [6.07, 6.45) is 0. The van der Waals surface area contributed by atoms with E-state index in [0.29, 0.717) is 28.4 Å². The summed E-state index contributed by atoms with van der Waals surface area (Å²) in [6, 6.07) is 10.9. The lowest BCUT2D eigenvalue weighted by atomic mass is 9.89. The number of allylic oxidation sites excluding steroid dienone is 1. The van der Waals surface area contributed by atoms with Crippen molar-refractivity contribution in [3.8, 4) is 17.2 Å².